The summed E-state index contributed by atoms with van der Waals surface area (Å²) in [6, 6.07) is 2.30. The van der Waals surface area contributed by atoms with E-state index in [0.717, 1.165) is 6.07 Å². The highest BCUT2D eigenvalue weighted by Crippen LogP contribution is 2.17. The molecule has 0 aliphatic carbocycles. The van der Waals surface area contributed by atoms with Crippen LogP contribution < -0.4 is 10.2 Å². The van der Waals surface area contributed by atoms with Gasteiger partial charge in [0, 0.05) is 11.0 Å². The van der Waals surface area contributed by atoms with E-state index in [-0.39, 0.29) is 22.6 Å². The van der Waals surface area contributed by atoms with Gasteiger partial charge in [0.25, 0.3) is 0 Å². The average molecular weight is 212 g/mol. The van der Waals surface area contributed by atoms with Crippen LogP contribution in [0.3, 0.4) is 0 Å². The van der Waals surface area contributed by atoms with Gasteiger partial charge >= 0.3 is 7.12 Å². The average Bonchev–Trinajstić information content (AvgIpc) is 2.17. The van der Waals surface area contributed by atoms with Gasteiger partial charge in [-0.2, -0.15) is 0 Å². The van der Waals surface area contributed by atoms with Gasteiger partial charge in [0.2, 0.25) is 0 Å². The van der Waals surface area contributed by atoms with E-state index in [4.69, 9.17) is 10.0 Å². The van der Waals surface area contributed by atoms with Crippen LogP contribution in [0.1, 0.15) is 17.3 Å². The third-order valence-electron chi connectivity index (χ3n) is 1.97. The van der Waals surface area contributed by atoms with E-state index in [9.17, 15) is 9.18 Å². The highest BCUT2D eigenvalue weighted by Gasteiger charge is 2.21. The molecule has 2 N–H and O–H groups in total. The topological polar surface area (TPSA) is 66.8 Å². The van der Waals surface area contributed by atoms with Gasteiger partial charge in [-0.15, -0.1) is 0 Å². The summed E-state index contributed by atoms with van der Waals surface area (Å²) < 4.78 is 18.1. The van der Waals surface area contributed by atoms with Gasteiger partial charge < -0.3 is 14.8 Å². The van der Waals surface area contributed by atoms with Gasteiger partial charge in [0.1, 0.15) is 0 Å². The van der Waals surface area contributed by atoms with Crippen LogP contribution in [-0.4, -0.2) is 30.1 Å². The SMILES string of the molecule is COc1cc(C(C)=O)cc(B(O)O)c1F. The minimum atomic E-state index is -1.97. The second kappa shape index (κ2) is 4.42. The lowest BCUT2D eigenvalue weighted by atomic mass is 9.78. The molecule has 0 aliphatic heterocycles. The molecule has 0 fully saturated rings. The quantitative estimate of drug-likeness (QED) is 0.534. The van der Waals surface area contributed by atoms with Crippen molar-refractivity contribution >= 4 is 18.4 Å². The van der Waals surface area contributed by atoms with E-state index in [2.05, 4.69) is 4.74 Å². The van der Waals surface area contributed by atoms with E-state index in [1.807, 2.05) is 0 Å². The smallest absolute Gasteiger partial charge is 0.491 e. The Bertz CT molecular complexity index is 392. The van der Waals surface area contributed by atoms with Crippen molar-refractivity contribution in [1.82, 2.24) is 0 Å². The standard InChI is InChI=1S/C9H10BFO4/c1-5(12)6-3-7(10(13)14)9(11)8(4-6)15-2/h3-4,13-14H,1-2H3. The molecule has 4 nitrogen and oxygen atoms in total. The Labute approximate surface area is 86.4 Å². The zero-order valence-corrected chi connectivity index (χ0v) is 8.32. The summed E-state index contributed by atoms with van der Waals surface area (Å²) in [5.41, 5.74) is -0.212. The summed E-state index contributed by atoms with van der Waals surface area (Å²) in [4.78, 5) is 11.1. The van der Waals surface area contributed by atoms with Crippen LogP contribution in [0.2, 0.25) is 0 Å². The number of Topliss-reactive ketones (excluding diaryl/α,β-unsaturated/α-hetero) is 1. The van der Waals surface area contributed by atoms with Crippen molar-refractivity contribution in [3.8, 4) is 5.75 Å². The lowest BCUT2D eigenvalue weighted by Crippen LogP contribution is -2.33. The molecule has 0 saturated heterocycles. The summed E-state index contributed by atoms with van der Waals surface area (Å²) in [6.45, 7) is 1.29. The summed E-state index contributed by atoms with van der Waals surface area (Å²) in [6.07, 6.45) is 0. The summed E-state index contributed by atoms with van der Waals surface area (Å²) in [5.74, 6) is -1.38. The van der Waals surface area contributed by atoms with E-state index in [0.29, 0.717) is 0 Å². The molecule has 1 rings (SSSR count). The first kappa shape index (κ1) is 11.7. The Kier molecular flexibility index (Phi) is 3.44. The molecule has 6 heteroatoms. The molecule has 0 amide bonds. The molecule has 1 aromatic carbocycles. The lowest BCUT2D eigenvalue weighted by molar-refractivity contribution is 0.101. The summed E-state index contributed by atoms with van der Waals surface area (Å²) >= 11 is 0. The lowest BCUT2D eigenvalue weighted by Gasteiger charge is -2.08. The zero-order valence-electron chi connectivity index (χ0n) is 8.32. The number of ketones is 1. The fourth-order valence-corrected chi connectivity index (χ4v) is 1.16. The third-order valence-corrected chi connectivity index (χ3v) is 1.97. The van der Waals surface area contributed by atoms with Crippen LogP contribution >= 0.6 is 0 Å². The second-order valence-corrected chi connectivity index (χ2v) is 3.01. The number of methoxy groups -OCH3 is 1. The predicted octanol–water partition coefficient (Wildman–Crippen LogP) is -0.283. The van der Waals surface area contributed by atoms with Gasteiger partial charge in [0.15, 0.2) is 17.3 Å². The van der Waals surface area contributed by atoms with E-state index in [1.165, 1.54) is 20.1 Å². The number of benzene rings is 1. The Morgan fingerprint density at radius 1 is 1.47 bits per heavy atom. The Morgan fingerprint density at radius 3 is 2.47 bits per heavy atom. The van der Waals surface area contributed by atoms with Crippen LogP contribution in [0, 0.1) is 5.82 Å². The molecule has 80 valence electrons. The fourth-order valence-electron chi connectivity index (χ4n) is 1.16. The van der Waals surface area contributed by atoms with E-state index >= 15 is 0 Å². The zero-order chi connectivity index (χ0) is 11.6. The predicted molar refractivity (Wildman–Crippen MR) is 52.8 cm³/mol. The number of carbonyl (C=O) groups excluding carboxylic acids is 1. The molecule has 0 radical (unpaired) electrons. The Morgan fingerprint density at radius 2 is 2.07 bits per heavy atom. The molecular weight excluding hydrogens is 202 g/mol. The normalized spacial score (nSPS) is 9.93. The Balaban J connectivity index is 3.38. The first-order valence-electron chi connectivity index (χ1n) is 4.22. The van der Waals surface area contributed by atoms with Crippen molar-refractivity contribution in [3.63, 3.8) is 0 Å². The number of hydrogen-bond donors (Lipinski definition) is 2. The van der Waals surface area contributed by atoms with Crippen molar-refractivity contribution in [2.24, 2.45) is 0 Å². The van der Waals surface area contributed by atoms with Crippen LogP contribution in [-0.2, 0) is 0 Å². The molecule has 0 unspecified atom stereocenters. The molecule has 0 bridgehead atoms. The molecule has 1 aromatic rings. The van der Waals surface area contributed by atoms with Crippen LogP contribution in [0.15, 0.2) is 12.1 Å². The summed E-state index contributed by atoms with van der Waals surface area (Å²) in [7, 11) is -0.742. The van der Waals surface area contributed by atoms with Crippen LogP contribution in [0.25, 0.3) is 0 Å². The fraction of sp³-hybridized carbons (Fsp3) is 0.222. The first-order valence-corrected chi connectivity index (χ1v) is 4.22. The molecule has 15 heavy (non-hydrogen) atoms. The first-order chi connectivity index (χ1) is 6.97. The number of rotatable bonds is 3. The third kappa shape index (κ3) is 2.34. The number of hydrogen-bond acceptors (Lipinski definition) is 4. The highest BCUT2D eigenvalue weighted by molar-refractivity contribution is 6.58. The Hall–Kier alpha value is -1.40. The van der Waals surface area contributed by atoms with Crippen molar-refractivity contribution in [3.05, 3.63) is 23.5 Å². The minimum absolute atomic E-state index is 0.163. The maximum Gasteiger partial charge on any atom is 0.491 e. The monoisotopic (exact) mass is 212 g/mol. The van der Waals surface area contributed by atoms with Crippen molar-refractivity contribution < 1.29 is 24.0 Å². The second-order valence-electron chi connectivity index (χ2n) is 3.01. The maximum absolute atomic E-state index is 13.4. The maximum atomic E-state index is 13.4. The largest absolute Gasteiger partial charge is 0.494 e. The van der Waals surface area contributed by atoms with Gasteiger partial charge in [-0.1, -0.05) is 0 Å². The van der Waals surface area contributed by atoms with Crippen LogP contribution in [0.4, 0.5) is 4.39 Å². The van der Waals surface area contributed by atoms with E-state index in [1.54, 1.807) is 0 Å². The van der Waals surface area contributed by atoms with Gasteiger partial charge in [-0.3, -0.25) is 4.79 Å². The van der Waals surface area contributed by atoms with Crippen molar-refractivity contribution in [2.45, 2.75) is 6.92 Å². The van der Waals surface area contributed by atoms with Gasteiger partial charge in [-0.05, 0) is 19.1 Å². The minimum Gasteiger partial charge on any atom is -0.494 e. The molecule has 0 atom stereocenters. The number of ether oxygens (including phenoxy) is 1. The molecule has 0 aromatic heterocycles. The van der Waals surface area contributed by atoms with Gasteiger partial charge in [0.05, 0.1) is 7.11 Å². The molecule has 0 aliphatic rings. The molecule has 0 spiro atoms. The number of carbonyl (C=O) groups is 1. The number of halogens is 1. The molecule has 0 saturated carbocycles. The highest BCUT2D eigenvalue weighted by atomic mass is 19.1. The van der Waals surface area contributed by atoms with E-state index < -0.39 is 12.9 Å². The molecular formula is C9H10BFO4. The molecule has 0 heterocycles. The van der Waals surface area contributed by atoms with Crippen LogP contribution in [0.5, 0.6) is 5.75 Å². The van der Waals surface area contributed by atoms with Gasteiger partial charge in [-0.25, -0.2) is 4.39 Å². The summed E-state index contributed by atoms with van der Waals surface area (Å²) in [5, 5.41) is 17.8. The van der Waals surface area contributed by atoms with Crippen molar-refractivity contribution in [2.75, 3.05) is 7.11 Å². The van der Waals surface area contributed by atoms with Crippen molar-refractivity contribution in [1.29, 1.82) is 0 Å².